The molecule has 1 saturated carbocycles. The smallest absolute Gasteiger partial charge is 0.545 e. The quantitative estimate of drug-likeness (QED) is 0.582. The van der Waals surface area contributed by atoms with Gasteiger partial charge in [0.1, 0.15) is 11.6 Å². The maximum atomic E-state index is 13.8. The van der Waals surface area contributed by atoms with E-state index in [-0.39, 0.29) is 53.6 Å². The van der Waals surface area contributed by atoms with Crippen LogP contribution in [0.1, 0.15) is 40.7 Å². The minimum absolute atomic E-state index is 0. The van der Waals surface area contributed by atoms with Gasteiger partial charge in [-0.3, -0.25) is 0 Å². The number of benzene rings is 2. The Kier molecular flexibility index (Phi) is 6.45. The van der Waals surface area contributed by atoms with Gasteiger partial charge in [0.25, 0.3) is 0 Å². The Hall–Kier alpha value is -1.86. The first kappa shape index (κ1) is 20.9. The number of carbonyl (C=O) groups is 1. The van der Waals surface area contributed by atoms with Crippen molar-refractivity contribution in [2.24, 2.45) is 0 Å². The van der Waals surface area contributed by atoms with Gasteiger partial charge in [-0.1, -0.05) is 12.1 Å². The number of halogens is 1. The van der Waals surface area contributed by atoms with Crippen LogP contribution in [0.4, 0.5) is 4.39 Å². The van der Waals surface area contributed by atoms with E-state index in [0.717, 1.165) is 19.3 Å². The van der Waals surface area contributed by atoms with E-state index in [1.807, 2.05) is 0 Å². The van der Waals surface area contributed by atoms with Gasteiger partial charge in [-0.2, -0.15) is 0 Å². The van der Waals surface area contributed by atoms with E-state index < -0.39 is 5.97 Å². The number of hydrogen-bond acceptors (Lipinski definition) is 4. The van der Waals surface area contributed by atoms with E-state index in [1.165, 1.54) is 18.2 Å². The predicted octanol–water partition coefficient (Wildman–Crippen LogP) is -0.380. The maximum Gasteiger partial charge on any atom is 1.00 e. The number of carboxylic acid groups (broad SMARTS) is 1. The van der Waals surface area contributed by atoms with E-state index in [2.05, 4.69) is 0 Å². The van der Waals surface area contributed by atoms with Crippen LogP contribution in [0, 0.1) is 5.82 Å². The van der Waals surface area contributed by atoms with Gasteiger partial charge < -0.3 is 24.3 Å². The summed E-state index contributed by atoms with van der Waals surface area (Å²) >= 11 is 0. The van der Waals surface area contributed by atoms with Crippen molar-refractivity contribution in [1.29, 1.82) is 0 Å². The van der Waals surface area contributed by atoms with Gasteiger partial charge in [-0.15, -0.1) is 0 Å². The van der Waals surface area contributed by atoms with E-state index >= 15 is 0 Å². The molecule has 1 N–H and O–H groups in total. The zero-order valence-corrected chi connectivity index (χ0v) is 17.7. The molecule has 0 atom stereocenters. The third kappa shape index (κ3) is 3.96. The Morgan fingerprint density at radius 3 is 2.68 bits per heavy atom. The van der Waals surface area contributed by atoms with Crippen molar-refractivity contribution in [2.75, 3.05) is 0 Å². The molecule has 0 spiro atoms. The number of rotatable bonds is 6. The van der Waals surface area contributed by atoms with Crippen LogP contribution in [-0.2, 0) is 13.2 Å². The van der Waals surface area contributed by atoms with Crippen molar-refractivity contribution in [3.8, 4) is 5.75 Å². The second kappa shape index (κ2) is 8.66. The van der Waals surface area contributed by atoms with Crippen LogP contribution < -0.4 is 39.4 Å². The van der Waals surface area contributed by atoms with Crippen LogP contribution in [0.2, 0.25) is 0 Å². The molecular weight excluding hydrogens is 372 g/mol. The van der Waals surface area contributed by atoms with Crippen LogP contribution in [0.3, 0.4) is 0 Å². The summed E-state index contributed by atoms with van der Waals surface area (Å²) in [6.07, 6.45) is 4.97. The Morgan fingerprint density at radius 2 is 2.04 bits per heavy atom. The third-order valence-electron chi connectivity index (χ3n) is 5.08. The summed E-state index contributed by atoms with van der Waals surface area (Å²) < 4.78 is 21.6. The van der Waals surface area contributed by atoms with Gasteiger partial charge in [0.05, 0.1) is 25.2 Å². The number of aromatic carboxylic acids is 1. The Morgan fingerprint density at radius 1 is 1.25 bits per heavy atom. The molecule has 3 aromatic rings. The zero-order chi connectivity index (χ0) is 19.0. The van der Waals surface area contributed by atoms with Crippen molar-refractivity contribution in [1.82, 2.24) is 4.57 Å². The largest absolute Gasteiger partial charge is 1.00 e. The molecule has 1 heterocycles. The van der Waals surface area contributed by atoms with Crippen molar-refractivity contribution >= 4 is 16.9 Å². The standard InChI is InChI=1S/C21H20FNO4.Na/c22-15-7-8-19(27-16-3-1-4-16)13(9-15)10-23-11-14(12-24)20-17(21(25)26)5-2-6-18(20)23;/h2,5-9,11,16,24H,1,3-4,10,12H2,(H,25,26);/q;+1/p-1. The van der Waals surface area contributed by atoms with Crippen LogP contribution in [-0.4, -0.2) is 21.7 Å². The fourth-order valence-corrected chi connectivity index (χ4v) is 3.50. The first-order valence-corrected chi connectivity index (χ1v) is 8.95. The molecule has 1 aliphatic carbocycles. The number of nitrogens with zero attached hydrogens (tertiary/aromatic N) is 1. The molecule has 7 heteroatoms. The summed E-state index contributed by atoms with van der Waals surface area (Å²) in [5.74, 6) is -1.03. The molecule has 140 valence electrons. The van der Waals surface area contributed by atoms with Gasteiger partial charge >= 0.3 is 29.6 Å². The molecule has 5 nitrogen and oxygen atoms in total. The van der Waals surface area contributed by atoms with E-state index in [1.54, 1.807) is 29.0 Å². The van der Waals surface area contributed by atoms with E-state index in [0.29, 0.717) is 34.3 Å². The number of hydrogen-bond donors (Lipinski definition) is 1. The summed E-state index contributed by atoms with van der Waals surface area (Å²) in [5.41, 5.74) is 1.82. The minimum Gasteiger partial charge on any atom is -0.545 e. The molecule has 1 fully saturated rings. The number of ether oxygens (including phenoxy) is 1. The van der Waals surface area contributed by atoms with Gasteiger partial charge in [-0.05, 0) is 43.5 Å². The fourth-order valence-electron chi connectivity index (χ4n) is 3.50. The van der Waals surface area contributed by atoms with Crippen molar-refractivity contribution in [3.05, 3.63) is 65.1 Å². The average molecular weight is 391 g/mol. The van der Waals surface area contributed by atoms with E-state index in [4.69, 9.17) is 4.74 Å². The Labute approximate surface area is 184 Å². The number of aromatic nitrogens is 1. The summed E-state index contributed by atoms with van der Waals surface area (Å²) in [6, 6.07) is 9.29. The molecule has 2 aromatic carbocycles. The minimum atomic E-state index is -1.30. The molecule has 0 bridgehead atoms. The molecule has 0 amide bonds. The topological polar surface area (TPSA) is 74.5 Å². The van der Waals surface area contributed by atoms with Crippen LogP contribution in [0.15, 0.2) is 42.6 Å². The predicted molar refractivity (Wildman–Crippen MR) is 96.0 cm³/mol. The van der Waals surface area contributed by atoms with Crippen molar-refractivity contribution in [3.63, 3.8) is 0 Å². The summed E-state index contributed by atoms with van der Waals surface area (Å²) in [7, 11) is 0. The summed E-state index contributed by atoms with van der Waals surface area (Å²) in [5, 5.41) is 21.5. The molecule has 0 unspecified atom stereocenters. The molecule has 4 rings (SSSR count). The van der Waals surface area contributed by atoms with Crippen molar-refractivity contribution in [2.45, 2.75) is 38.5 Å². The first-order valence-electron chi connectivity index (χ1n) is 8.95. The number of aliphatic hydroxyl groups excluding tert-OH is 1. The molecular formula is C21H19FNNaO4. The fraction of sp³-hybridized carbons (Fsp3) is 0.286. The van der Waals surface area contributed by atoms with Crippen LogP contribution >= 0.6 is 0 Å². The van der Waals surface area contributed by atoms with Gasteiger partial charge in [0, 0.05) is 33.8 Å². The maximum absolute atomic E-state index is 13.8. The Balaban J connectivity index is 0.00000225. The molecule has 0 aliphatic heterocycles. The summed E-state index contributed by atoms with van der Waals surface area (Å²) in [4.78, 5) is 11.4. The van der Waals surface area contributed by atoms with Crippen LogP contribution in [0.25, 0.3) is 10.9 Å². The monoisotopic (exact) mass is 391 g/mol. The first-order chi connectivity index (χ1) is 13.1. The molecule has 1 aliphatic rings. The number of carbonyl (C=O) groups excluding carboxylic acids is 1. The number of aliphatic hydroxyl groups is 1. The normalized spacial score (nSPS) is 13.8. The number of fused-ring (bicyclic) bond motifs is 1. The summed E-state index contributed by atoms with van der Waals surface area (Å²) in [6.45, 7) is -0.00477. The Bertz CT molecular complexity index is 1010. The zero-order valence-electron chi connectivity index (χ0n) is 15.7. The molecule has 1 aromatic heterocycles. The van der Waals surface area contributed by atoms with Crippen LogP contribution in [0.5, 0.6) is 5.75 Å². The number of carboxylic acids is 1. The molecule has 0 radical (unpaired) electrons. The third-order valence-corrected chi connectivity index (χ3v) is 5.08. The molecule has 0 saturated heterocycles. The second-order valence-electron chi connectivity index (χ2n) is 6.85. The SMILES string of the molecule is O=C([O-])c1cccc2c1c(CO)cn2Cc1cc(F)ccc1OC1CCC1.[Na+]. The van der Waals surface area contributed by atoms with E-state index in [9.17, 15) is 19.4 Å². The second-order valence-corrected chi connectivity index (χ2v) is 6.85. The average Bonchev–Trinajstić information content (AvgIpc) is 2.97. The van der Waals surface area contributed by atoms with Crippen molar-refractivity contribution < 1.29 is 53.7 Å². The molecule has 28 heavy (non-hydrogen) atoms. The van der Waals surface area contributed by atoms with Gasteiger partial charge in [0.15, 0.2) is 0 Å². The van der Waals surface area contributed by atoms with Gasteiger partial charge in [0.2, 0.25) is 0 Å². The van der Waals surface area contributed by atoms with Gasteiger partial charge in [-0.25, -0.2) is 4.39 Å².